The molecule has 2 aromatic rings. The van der Waals surface area contributed by atoms with Gasteiger partial charge in [-0.1, -0.05) is 12.1 Å². The number of nitrogens with two attached hydrogens (primary N) is 4. The number of phenols is 2. The Morgan fingerprint density at radius 2 is 0.900 bits per heavy atom. The minimum absolute atomic E-state index is 0.244. The molecule has 0 aromatic heterocycles. The Morgan fingerprint density at radius 3 is 1.20 bits per heavy atom. The van der Waals surface area contributed by atoms with Crippen LogP contribution in [0.1, 0.15) is 11.1 Å². The molecule has 0 radical (unpaired) electrons. The van der Waals surface area contributed by atoms with E-state index in [1.54, 1.807) is 12.1 Å². The Kier molecular flexibility index (Phi) is 10.0. The number of hydrogen-bond acceptors (Lipinski definition) is 8. The molecule has 2 rings (SSSR count). The molecule has 0 saturated heterocycles. The third-order valence-electron chi connectivity index (χ3n) is 5.06. The highest BCUT2D eigenvalue weighted by Gasteiger charge is 2.13. The molecule has 0 fully saturated rings. The van der Waals surface area contributed by atoms with E-state index in [4.69, 9.17) is 22.9 Å². The molecule has 0 spiro atoms. The van der Waals surface area contributed by atoms with Crippen LogP contribution in [0.15, 0.2) is 36.4 Å². The van der Waals surface area contributed by atoms with Crippen LogP contribution in [0.5, 0.6) is 11.5 Å². The van der Waals surface area contributed by atoms with Crippen LogP contribution in [0.25, 0.3) is 11.1 Å². The van der Waals surface area contributed by atoms with Gasteiger partial charge in [0.2, 0.25) is 0 Å². The molecule has 0 heterocycles. The van der Waals surface area contributed by atoms with Gasteiger partial charge in [-0.05, 0) is 35.4 Å². The summed E-state index contributed by atoms with van der Waals surface area (Å²) in [4.78, 5) is 4.25. The summed E-state index contributed by atoms with van der Waals surface area (Å²) in [6, 6.07) is 11.1. The third-order valence-corrected chi connectivity index (χ3v) is 5.06. The van der Waals surface area contributed by atoms with Crippen LogP contribution in [0.3, 0.4) is 0 Å². The maximum Gasteiger partial charge on any atom is 0.120 e. The topological polar surface area (TPSA) is 151 Å². The average molecular weight is 417 g/mol. The first kappa shape index (κ1) is 24.1. The molecular formula is C22H36N6O2. The Morgan fingerprint density at radius 1 is 0.567 bits per heavy atom. The van der Waals surface area contributed by atoms with Crippen molar-refractivity contribution in [1.29, 1.82) is 0 Å². The highest BCUT2D eigenvalue weighted by atomic mass is 16.3. The fourth-order valence-corrected chi connectivity index (χ4v) is 3.54. The van der Waals surface area contributed by atoms with Gasteiger partial charge in [-0.2, -0.15) is 0 Å². The lowest BCUT2D eigenvalue weighted by Gasteiger charge is -2.22. The van der Waals surface area contributed by atoms with E-state index in [2.05, 4.69) is 9.80 Å². The second kappa shape index (κ2) is 12.5. The fraction of sp³-hybridized carbons (Fsp3) is 0.455. The van der Waals surface area contributed by atoms with Crippen molar-refractivity contribution in [1.82, 2.24) is 9.80 Å². The number of phenolic OH excluding ortho intramolecular Hbond substituents is 2. The summed E-state index contributed by atoms with van der Waals surface area (Å²) in [5.41, 5.74) is 26.4. The molecule has 0 amide bonds. The zero-order chi connectivity index (χ0) is 21.9. The fourth-order valence-electron chi connectivity index (χ4n) is 3.54. The SMILES string of the molecule is NCCN(CCN)Cc1cc(-c2ccc(O)c(CN(CCN)CCN)c2)ccc1O. The second-order valence-corrected chi connectivity index (χ2v) is 7.39. The van der Waals surface area contributed by atoms with E-state index in [1.807, 2.05) is 24.3 Å². The molecule has 10 N–H and O–H groups in total. The maximum atomic E-state index is 10.3. The summed E-state index contributed by atoms with van der Waals surface area (Å²) < 4.78 is 0. The van der Waals surface area contributed by atoms with E-state index >= 15 is 0 Å². The van der Waals surface area contributed by atoms with E-state index in [0.717, 1.165) is 22.3 Å². The quantitative estimate of drug-likeness (QED) is 0.271. The van der Waals surface area contributed by atoms with E-state index in [0.29, 0.717) is 65.4 Å². The number of hydrogen-bond donors (Lipinski definition) is 6. The zero-order valence-corrected chi connectivity index (χ0v) is 17.6. The van der Waals surface area contributed by atoms with Crippen LogP contribution < -0.4 is 22.9 Å². The van der Waals surface area contributed by atoms with Gasteiger partial charge in [-0.3, -0.25) is 9.80 Å². The molecule has 8 nitrogen and oxygen atoms in total. The molecule has 0 unspecified atom stereocenters. The Bertz CT molecular complexity index is 709. The summed E-state index contributed by atoms with van der Waals surface area (Å²) in [5.74, 6) is 0.489. The number of aromatic hydroxyl groups is 2. The normalized spacial score (nSPS) is 11.5. The lowest BCUT2D eigenvalue weighted by molar-refractivity contribution is 0.276. The first-order valence-corrected chi connectivity index (χ1v) is 10.4. The molecule has 2 aromatic carbocycles. The van der Waals surface area contributed by atoms with Gasteiger partial charge in [0, 0.05) is 76.6 Å². The number of rotatable bonds is 13. The van der Waals surface area contributed by atoms with Gasteiger partial charge in [-0.15, -0.1) is 0 Å². The van der Waals surface area contributed by atoms with Gasteiger partial charge in [0.25, 0.3) is 0 Å². The minimum Gasteiger partial charge on any atom is -0.508 e. The Balaban J connectivity index is 2.28. The molecular weight excluding hydrogens is 380 g/mol. The van der Waals surface area contributed by atoms with Crippen molar-refractivity contribution in [3.05, 3.63) is 47.5 Å². The first-order chi connectivity index (χ1) is 14.5. The summed E-state index contributed by atoms with van der Waals surface area (Å²) >= 11 is 0. The van der Waals surface area contributed by atoms with Crippen LogP contribution in [-0.4, -0.2) is 72.4 Å². The molecule has 0 atom stereocenters. The molecule has 166 valence electrons. The highest BCUT2D eigenvalue weighted by molar-refractivity contribution is 5.67. The minimum atomic E-state index is 0.244. The lowest BCUT2D eigenvalue weighted by atomic mass is 9.99. The van der Waals surface area contributed by atoms with Crippen LogP contribution in [0.4, 0.5) is 0 Å². The zero-order valence-electron chi connectivity index (χ0n) is 17.6. The van der Waals surface area contributed by atoms with Crippen molar-refractivity contribution in [3.8, 4) is 22.6 Å². The molecule has 0 aliphatic rings. The van der Waals surface area contributed by atoms with Crippen LogP contribution in [0, 0.1) is 0 Å². The summed E-state index contributed by atoms with van der Waals surface area (Å²) in [5, 5.41) is 20.7. The number of benzene rings is 2. The molecule has 8 heteroatoms. The maximum absolute atomic E-state index is 10.3. The van der Waals surface area contributed by atoms with Gasteiger partial charge in [0.05, 0.1) is 0 Å². The van der Waals surface area contributed by atoms with E-state index in [-0.39, 0.29) is 11.5 Å². The van der Waals surface area contributed by atoms with E-state index in [9.17, 15) is 10.2 Å². The van der Waals surface area contributed by atoms with Gasteiger partial charge < -0.3 is 33.1 Å². The van der Waals surface area contributed by atoms with Crippen LogP contribution in [0.2, 0.25) is 0 Å². The van der Waals surface area contributed by atoms with Crippen molar-refractivity contribution in [3.63, 3.8) is 0 Å². The largest absolute Gasteiger partial charge is 0.508 e. The second-order valence-electron chi connectivity index (χ2n) is 7.39. The highest BCUT2D eigenvalue weighted by Crippen LogP contribution is 2.30. The lowest BCUT2D eigenvalue weighted by Crippen LogP contribution is -2.33. The van der Waals surface area contributed by atoms with Gasteiger partial charge in [0.1, 0.15) is 11.5 Å². The predicted molar refractivity (Wildman–Crippen MR) is 122 cm³/mol. The molecule has 0 saturated carbocycles. The van der Waals surface area contributed by atoms with Crippen molar-refractivity contribution in [2.24, 2.45) is 22.9 Å². The average Bonchev–Trinajstić information content (AvgIpc) is 2.72. The Labute approximate surface area is 179 Å². The molecule has 0 aliphatic carbocycles. The molecule has 0 aliphatic heterocycles. The van der Waals surface area contributed by atoms with Crippen molar-refractivity contribution in [2.75, 3.05) is 52.4 Å². The standard InChI is InChI=1S/C22H36N6O2/c23-5-9-27(10-6-24)15-19-13-17(1-3-21(19)29)18-2-4-22(30)20(14-18)16-28(11-7-25)12-8-26/h1-4,13-14,29-30H,5-12,15-16,23-26H2. The summed E-state index contributed by atoms with van der Waals surface area (Å²) in [6.45, 7) is 6.11. The monoisotopic (exact) mass is 416 g/mol. The predicted octanol–water partition coefficient (Wildman–Crippen LogP) is 0.204. The smallest absolute Gasteiger partial charge is 0.120 e. The van der Waals surface area contributed by atoms with Crippen LogP contribution in [-0.2, 0) is 13.1 Å². The molecule has 0 bridgehead atoms. The summed E-state index contributed by atoms with van der Waals surface area (Å²) in [7, 11) is 0. The van der Waals surface area contributed by atoms with Crippen LogP contribution >= 0.6 is 0 Å². The first-order valence-electron chi connectivity index (χ1n) is 10.4. The third kappa shape index (κ3) is 6.94. The van der Waals surface area contributed by atoms with E-state index in [1.165, 1.54) is 0 Å². The Hall–Kier alpha value is -2.20. The van der Waals surface area contributed by atoms with Crippen molar-refractivity contribution in [2.45, 2.75) is 13.1 Å². The van der Waals surface area contributed by atoms with Gasteiger partial charge in [0.15, 0.2) is 0 Å². The van der Waals surface area contributed by atoms with Gasteiger partial charge in [-0.25, -0.2) is 0 Å². The van der Waals surface area contributed by atoms with Gasteiger partial charge >= 0.3 is 0 Å². The van der Waals surface area contributed by atoms with Crippen molar-refractivity contribution < 1.29 is 10.2 Å². The van der Waals surface area contributed by atoms with Crippen molar-refractivity contribution >= 4 is 0 Å². The van der Waals surface area contributed by atoms with E-state index < -0.39 is 0 Å². The summed E-state index contributed by atoms with van der Waals surface area (Å²) in [6.07, 6.45) is 0. The molecule has 30 heavy (non-hydrogen) atoms. The number of nitrogens with zero attached hydrogens (tertiary/aromatic N) is 2.